The molecule has 0 fully saturated rings. The fourth-order valence-electron chi connectivity index (χ4n) is 8.62. The summed E-state index contributed by atoms with van der Waals surface area (Å²) in [5.74, 6) is 0. The fraction of sp³-hybridized carbons (Fsp3) is 0.333. The van der Waals surface area contributed by atoms with Gasteiger partial charge in [-0.15, -0.1) is 0 Å². The van der Waals surface area contributed by atoms with E-state index in [1.54, 1.807) is 0 Å². The van der Waals surface area contributed by atoms with Gasteiger partial charge in [0, 0.05) is 0 Å². The Kier molecular flexibility index (Phi) is 9.06. The second-order valence-electron chi connectivity index (χ2n) is 14.4. The van der Waals surface area contributed by atoms with E-state index in [0.717, 1.165) is 0 Å². The van der Waals surface area contributed by atoms with E-state index in [-0.39, 0.29) is 12.1 Å². The van der Waals surface area contributed by atoms with Crippen molar-refractivity contribution >= 4 is 36.4 Å². The SMILES string of the molecule is Cc1cc(C)c(N2C=CN(c3c(C)cc(C)cc3C)C2/B=B/C2N(c3c(C)cc(C)cc3C)C=CN2c2c(C)cc(C)cc2C)c(C)c1. The van der Waals surface area contributed by atoms with Crippen molar-refractivity contribution in [2.24, 2.45) is 0 Å². The molecule has 0 saturated heterocycles. The quantitative estimate of drug-likeness (QED) is 0.196. The van der Waals surface area contributed by atoms with Gasteiger partial charge in [-0.3, -0.25) is 0 Å². The average Bonchev–Trinajstić information content (AvgIpc) is 3.54. The van der Waals surface area contributed by atoms with E-state index >= 15 is 0 Å². The zero-order valence-electron chi connectivity index (χ0n) is 31.0. The van der Waals surface area contributed by atoms with Crippen LogP contribution in [-0.4, -0.2) is 25.7 Å². The van der Waals surface area contributed by atoms with Crippen LogP contribution >= 0.6 is 0 Å². The molecule has 244 valence electrons. The third-order valence-electron chi connectivity index (χ3n) is 9.95. The first-order valence-electron chi connectivity index (χ1n) is 17.2. The summed E-state index contributed by atoms with van der Waals surface area (Å²) in [5.41, 5.74) is 20.6. The van der Waals surface area contributed by atoms with Crippen LogP contribution < -0.4 is 19.6 Å². The Morgan fingerprint density at radius 2 is 0.479 bits per heavy atom. The van der Waals surface area contributed by atoms with Crippen molar-refractivity contribution in [1.82, 2.24) is 0 Å². The molecular weight excluding hydrogens is 582 g/mol. The van der Waals surface area contributed by atoms with Gasteiger partial charge in [-0.05, 0) is 0 Å². The monoisotopic (exact) mass is 632 g/mol. The number of benzene rings is 4. The third-order valence-corrected chi connectivity index (χ3v) is 9.95. The topological polar surface area (TPSA) is 13.0 Å². The third kappa shape index (κ3) is 6.06. The molecule has 0 radical (unpaired) electrons. The van der Waals surface area contributed by atoms with Gasteiger partial charge >= 0.3 is 291 Å². The van der Waals surface area contributed by atoms with Crippen LogP contribution in [0.1, 0.15) is 66.8 Å². The molecule has 0 aromatic heterocycles. The van der Waals surface area contributed by atoms with E-state index in [4.69, 9.17) is 0 Å². The molecule has 0 N–H and O–H groups in total. The number of aryl methyl sites for hydroxylation is 12. The van der Waals surface area contributed by atoms with Crippen molar-refractivity contribution in [3.05, 3.63) is 140 Å². The maximum atomic E-state index is 2.46. The van der Waals surface area contributed by atoms with Crippen LogP contribution in [-0.2, 0) is 0 Å². The molecule has 0 unspecified atom stereocenters. The molecule has 0 atom stereocenters. The molecule has 0 saturated carbocycles. The second kappa shape index (κ2) is 13.0. The van der Waals surface area contributed by atoms with Crippen molar-refractivity contribution in [1.29, 1.82) is 0 Å². The molecular formula is C42H50B2N4. The number of anilines is 4. The summed E-state index contributed by atoms with van der Waals surface area (Å²) in [5, 5.41) is 0. The second-order valence-corrected chi connectivity index (χ2v) is 14.4. The molecule has 4 aromatic rings. The summed E-state index contributed by atoms with van der Waals surface area (Å²) in [6, 6.07) is 18.3. The summed E-state index contributed by atoms with van der Waals surface area (Å²) in [7, 11) is 0. The van der Waals surface area contributed by atoms with Gasteiger partial charge in [-0.25, -0.2) is 0 Å². The Morgan fingerprint density at radius 3 is 0.646 bits per heavy atom. The molecule has 6 heteroatoms. The minimum absolute atomic E-state index is 0.0464. The summed E-state index contributed by atoms with van der Waals surface area (Å²) >= 11 is 0. The Bertz CT molecular complexity index is 1640. The summed E-state index contributed by atoms with van der Waals surface area (Å²) in [6.07, 6.45) is 9.07. The zero-order chi connectivity index (χ0) is 34.6. The van der Waals surface area contributed by atoms with Crippen molar-refractivity contribution in [2.45, 2.75) is 95.2 Å². The minimum atomic E-state index is -0.0464. The van der Waals surface area contributed by atoms with E-state index in [9.17, 15) is 0 Å². The van der Waals surface area contributed by atoms with E-state index in [1.165, 1.54) is 89.5 Å². The molecule has 0 bridgehead atoms. The number of hydrogen-bond acceptors (Lipinski definition) is 4. The maximum absolute atomic E-state index is 2.46. The van der Waals surface area contributed by atoms with Crippen LogP contribution in [0.2, 0.25) is 0 Å². The Hall–Kier alpha value is -4.31. The van der Waals surface area contributed by atoms with Gasteiger partial charge in [-0.2, -0.15) is 0 Å². The van der Waals surface area contributed by atoms with Crippen LogP contribution in [0.25, 0.3) is 0 Å². The van der Waals surface area contributed by atoms with Crippen LogP contribution in [0.3, 0.4) is 0 Å². The Labute approximate surface area is 290 Å². The van der Waals surface area contributed by atoms with E-state index in [1.807, 2.05) is 0 Å². The predicted octanol–water partition coefficient (Wildman–Crippen LogP) is 9.57. The summed E-state index contributed by atoms with van der Waals surface area (Å²) in [4.78, 5) is 9.84. The molecule has 2 aliphatic rings. The van der Waals surface area contributed by atoms with E-state index in [0.29, 0.717) is 0 Å². The molecule has 6 rings (SSSR count). The molecule has 4 aromatic carbocycles. The van der Waals surface area contributed by atoms with Gasteiger partial charge < -0.3 is 0 Å². The zero-order valence-corrected chi connectivity index (χ0v) is 31.0. The molecule has 4 nitrogen and oxygen atoms in total. The van der Waals surface area contributed by atoms with Crippen molar-refractivity contribution in [3.63, 3.8) is 0 Å². The fourth-order valence-corrected chi connectivity index (χ4v) is 8.62. The number of nitrogens with zero attached hydrogens (tertiary/aromatic N) is 4. The van der Waals surface area contributed by atoms with Crippen LogP contribution in [0, 0.1) is 83.1 Å². The van der Waals surface area contributed by atoms with Crippen LogP contribution in [0.15, 0.2) is 73.3 Å². The van der Waals surface area contributed by atoms with Crippen molar-refractivity contribution in [2.75, 3.05) is 19.6 Å². The molecule has 0 spiro atoms. The van der Waals surface area contributed by atoms with Gasteiger partial charge in [0.15, 0.2) is 0 Å². The first-order chi connectivity index (χ1) is 22.7. The first kappa shape index (κ1) is 33.6. The summed E-state index contributed by atoms with van der Waals surface area (Å²) in [6.45, 7) is 31.5. The normalized spacial score (nSPS) is 15.0. The predicted molar refractivity (Wildman–Crippen MR) is 210 cm³/mol. The van der Waals surface area contributed by atoms with Gasteiger partial charge in [-0.1, -0.05) is 0 Å². The molecule has 2 aliphatic heterocycles. The molecule has 0 aliphatic carbocycles. The average molecular weight is 633 g/mol. The van der Waals surface area contributed by atoms with E-state index < -0.39 is 0 Å². The van der Waals surface area contributed by atoms with Gasteiger partial charge in [0.2, 0.25) is 0 Å². The van der Waals surface area contributed by atoms with Gasteiger partial charge in [0.25, 0.3) is 0 Å². The van der Waals surface area contributed by atoms with Crippen LogP contribution in [0.4, 0.5) is 22.7 Å². The first-order valence-corrected chi connectivity index (χ1v) is 17.2. The number of rotatable bonds is 6. The van der Waals surface area contributed by atoms with E-state index in [2.05, 4.69) is 190 Å². The Morgan fingerprint density at radius 1 is 0.312 bits per heavy atom. The summed E-state index contributed by atoms with van der Waals surface area (Å²) < 4.78 is 0. The standard InChI is InChI=1S/C42H50B2N4/c1-25-17-29(5)37(30(6)18-25)45-13-14-46(38-31(7)19-26(2)20-32(38)8)41(45)43-44-42-47(39-33(9)21-27(3)22-34(39)10)15-16-48(42)40-35(11)23-28(4)24-36(40)12/h13-24,41-42H,1-12H3. The Balaban J connectivity index is 1.52. The van der Waals surface area contributed by atoms with Gasteiger partial charge in [0.05, 0.1) is 0 Å². The van der Waals surface area contributed by atoms with Crippen molar-refractivity contribution in [3.8, 4) is 0 Å². The molecule has 2 heterocycles. The molecule has 0 amide bonds. The van der Waals surface area contributed by atoms with Crippen LogP contribution in [0.5, 0.6) is 0 Å². The van der Waals surface area contributed by atoms with Crippen molar-refractivity contribution < 1.29 is 0 Å². The molecule has 48 heavy (non-hydrogen) atoms. The van der Waals surface area contributed by atoms with Gasteiger partial charge in [0.1, 0.15) is 0 Å². The number of hydrogen-bond donors (Lipinski definition) is 0.